The van der Waals surface area contributed by atoms with Gasteiger partial charge in [-0.3, -0.25) is 14.4 Å². The summed E-state index contributed by atoms with van der Waals surface area (Å²) in [4.78, 5) is 35.1. The topological polar surface area (TPSA) is 104 Å². The van der Waals surface area contributed by atoms with Crippen LogP contribution in [0, 0.1) is 0 Å². The summed E-state index contributed by atoms with van der Waals surface area (Å²) in [5.74, 6) is -1.97. The summed E-state index contributed by atoms with van der Waals surface area (Å²) in [6.07, 6.45) is 1.95. The number of aliphatic carboxylic acids is 2. The van der Waals surface area contributed by atoms with E-state index in [1.165, 1.54) is 12.0 Å². The van der Waals surface area contributed by atoms with Crippen molar-refractivity contribution in [2.24, 2.45) is 0 Å². The van der Waals surface area contributed by atoms with Crippen LogP contribution in [-0.4, -0.2) is 48.1 Å². The number of carboxylic acids is 2. The number of Topliss-reactive ketones (excluding diaryl/α,β-unsaturated/α-hetero) is 1. The summed E-state index contributed by atoms with van der Waals surface area (Å²) in [5, 5.41) is 17.9. The van der Waals surface area contributed by atoms with E-state index in [4.69, 9.17) is 14.9 Å². The van der Waals surface area contributed by atoms with Crippen LogP contribution >= 0.6 is 0 Å². The van der Waals surface area contributed by atoms with E-state index in [1.54, 1.807) is 12.1 Å². The first kappa shape index (κ1) is 15.8. The van der Waals surface area contributed by atoms with Crippen molar-refractivity contribution in [3.63, 3.8) is 0 Å². The Morgan fingerprint density at radius 3 is 2.36 bits per heavy atom. The molecule has 1 aliphatic rings. The Hall–Kier alpha value is -2.57. The number of rotatable bonds is 6. The van der Waals surface area contributed by atoms with E-state index < -0.39 is 25.0 Å². The van der Waals surface area contributed by atoms with E-state index in [2.05, 4.69) is 0 Å². The van der Waals surface area contributed by atoms with Gasteiger partial charge in [-0.15, -0.1) is 0 Å². The highest BCUT2D eigenvalue weighted by Gasteiger charge is 2.24. The number of carbonyl (C=O) groups excluding carboxylic acids is 1. The van der Waals surface area contributed by atoms with Gasteiger partial charge in [-0.2, -0.15) is 0 Å². The number of fused-ring (bicyclic) bond motifs is 1. The van der Waals surface area contributed by atoms with Crippen LogP contribution in [0.3, 0.4) is 0 Å². The van der Waals surface area contributed by atoms with E-state index in [-0.39, 0.29) is 5.78 Å². The fourth-order valence-corrected chi connectivity index (χ4v) is 2.61. The third kappa shape index (κ3) is 3.36. The van der Waals surface area contributed by atoms with E-state index in [0.717, 1.165) is 18.4 Å². The summed E-state index contributed by atoms with van der Waals surface area (Å²) in [7, 11) is 1.43. The number of anilines is 1. The number of ether oxygens (including phenoxy) is 1. The predicted molar refractivity (Wildman–Crippen MR) is 77.7 cm³/mol. The quantitative estimate of drug-likeness (QED) is 0.813. The van der Waals surface area contributed by atoms with Crippen molar-refractivity contribution in [1.82, 2.24) is 0 Å². The fraction of sp³-hybridized carbons (Fsp3) is 0.400. The molecule has 7 nitrogen and oxygen atoms in total. The summed E-state index contributed by atoms with van der Waals surface area (Å²) >= 11 is 0. The minimum Gasteiger partial charge on any atom is -0.495 e. The van der Waals surface area contributed by atoms with Crippen LogP contribution in [0.5, 0.6) is 5.75 Å². The second-order valence-corrected chi connectivity index (χ2v) is 5.10. The number of benzene rings is 1. The van der Waals surface area contributed by atoms with Gasteiger partial charge in [0.2, 0.25) is 0 Å². The molecular formula is C15H17NO6. The third-order valence-corrected chi connectivity index (χ3v) is 3.55. The standard InChI is InChI=1S/C15H17NO6/c1-22-13-5-9-3-2-4-12(17)10(9)6-11(13)16(7-14(18)19)8-15(20)21/h5-6H,2-4,7-8H2,1H3,(H,18,19)(H,20,21). The van der Waals surface area contributed by atoms with Crippen LogP contribution in [0.25, 0.3) is 0 Å². The number of carboxylic acid groups (broad SMARTS) is 2. The Morgan fingerprint density at radius 1 is 1.18 bits per heavy atom. The normalized spacial score (nSPS) is 13.4. The van der Waals surface area contributed by atoms with Crippen molar-refractivity contribution >= 4 is 23.4 Å². The number of nitrogens with zero attached hydrogens (tertiary/aromatic N) is 1. The maximum Gasteiger partial charge on any atom is 0.323 e. The van der Waals surface area contributed by atoms with Crippen molar-refractivity contribution in [2.45, 2.75) is 19.3 Å². The van der Waals surface area contributed by atoms with E-state index in [0.29, 0.717) is 23.4 Å². The molecule has 22 heavy (non-hydrogen) atoms. The first-order valence-electron chi connectivity index (χ1n) is 6.85. The van der Waals surface area contributed by atoms with Crippen LogP contribution in [0.4, 0.5) is 5.69 Å². The van der Waals surface area contributed by atoms with Gasteiger partial charge in [-0.05, 0) is 30.5 Å². The molecule has 118 valence electrons. The van der Waals surface area contributed by atoms with Gasteiger partial charge in [0.25, 0.3) is 0 Å². The van der Waals surface area contributed by atoms with Crippen molar-refractivity contribution in [3.8, 4) is 5.75 Å². The van der Waals surface area contributed by atoms with E-state index >= 15 is 0 Å². The maximum atomic E-state index is 12.0. The molecule has 0 saturated heterocycles. The van der Waals surface area contributed by atoms with Crippen LogP contribution in [0.1, 0.15) is 28.8 Å². The van der Waals surface area contributed by atoms with Crippen molar-refractivity contribution in [2.75, 3.05) is 25.1 Å². The molecule has 2 rings (SSSR count). The first-order chi connectivity index (χ1) is 10.4. The molecule has 0 heterocycles. The van der Waals surface area contributed by atoms with E-state index in [1.807, 2.05) is 0 Å². The number of hydrogen-bond donors (Lipinski definition) is 2. The summed E-state index contributed by atoms with van der Waals surface area (Å²) in [6, 6.07) is 3.24. The molecule has 0 bridgehead atoms. The molecule has 0 aliphatic heterocycles. The zero-order valence-electron chi connectivity index (χ0n) is 12.2. The smallest absolute Gasteiger partial charge is 0.323 e. The SMILES string of the molecule is COc1cc2c(cc1N(CC(=O)O)CC(=O)O)C(=O)CCC2. The summed E-state index contributed by atoms with van der Waals surface area (Å²) in [5.41, 5.74) is 1.67. The number of methoxy groups -OCH3 is 1. The Morgan fingerprint density at radius 2 is 1.82 bits per heavy atom. The van der Waals surface area contributed by atoms with Crippen molar-refractivity contribution in [1.29, 1.82) is 0 Å². The van der Waals surface area contributed by atoms with Crippen LogP contribution < -0.4 is 9.64 Å². The van der Waals surface area contributed by atoms with Gasteiger partial charge in [0.15, 0.2) is 5.78 Å². The van der Waals surface area contributed by atoms with Crippen LogP contribution in [0.15, 0.2) is 12.1 Å². The summed E-state index contributed by atoms with van der Waals surface area (Å²) < 4.78 is 5.25. The number of ketones is 1. The Labute approximate surface area is 127 Å². The summed E-state index contributed by atoms with van der Waals surface area (Å²) in [6.45, 7) is -0.981. The minimum absolute atomic E-state index is 0.0178. The Balaban J connectivity index is 2.49. The second-order valence-electron chi connectivity index (χ2n) is 5.10. The Bertz CT molecular complexity index is 609. The molecule has 2 N–H and O–H groups in total. The van der Waals surface area contributed by atoms with Gasteiger partial charge in [0, 0.05) is 12.0 Å². The van der Waals surface area contributed by atoms with Gasteiger partial charge in [0.1, 0.15) is 18.8 Å². The van der Waals surface area contributed by atoms with Crippen molar-refractivity contribution in [3.05, 3.63) is 23.3 Å². The number of carbonyl (C=O) groups is 3. The minimum atomic E-state index is -1.16. The molecule has 0 spiro atoms. The molecule has 0 radical (unpaired) electrons. The molecule has 1 aromatic rings. The monoisotopic (exact) mass is 307 g/mol. The maximum absolute atomic E-state index is 12.0. The molecule has 0 atom stereocenters. The van der Waals surface area contributed by atoms with Gasteiger partial charge >= 0.3 is 11.9 Å². The number of aryl methyl sites for hydroxylation is 1. The average Bonchev–Trinajstić information content (AvgIpc) is 2.44. The molecule has 0 unspecified atom stereocenters. The Kier molecular flexibility index (Phi) is 4.65. The van der Waals surface area contributed by atoms with Crippen molar-refractivity contribution < 1.29 is 29.3 Å². The largest absolute Gasteiger partial charge is 0.495 e. The molecule has 0 saturated carbocycles. The van der Waals surface area contributed by atoms with Gasteiger partial charge in [-0.25, -0.2) is 0 Å². The lowest BCUT2D eigenvalue weighted by atomic mass is 9.90. The molecular weight excluding hydrogens is 290 g/mol. The average molecular weight is 307 g/mol. The van der Waals surface area contributed by atoms with Gasteiger partial charge in [-0.1, -0.05) is 0 Å². The molecule has 0 aromatic heterocycles. The second kappa shape index (κ2) is 6.46. The molecule has 0 fully saturated rings. The molecule has 0 amide bonds. The van der Waals surface area contributed by atoms with Crippen LogP contribution in [-0.2, 0) is 16.0 Å². The number of hydrogen-bond acceptors (Lipinski definition) is 5. The highest BCUT2D eigenvalue weighted by atomic mass is 16.5. The van der Waals surface area contributed by atoms with Gasteiger partial charge in [0.05, 0.1) is 12.8 Å². The fourth-order valence-electron chi connectivity index (χ4n) is 2.61. The van der Waals surface area contributed by atoms with Gasteiger partial charge < -0.3 is 19.8 Å². The lowest BCUT2D eigenvalue weighted by Gasteiger charge is -2.25. The molecule has 1 aromatic carbocycles. The lowest BCUT2D eigenvalue weighted by molar-refractivity contribution is -0.136. The zero-order chi connectivity index (χ0) is 16.3. The lowest BCUT2D eigenvalue weighted by Crippen LogP contribution is -2.35. The molecule has 7 heteroatoms. The third-order valence-electron chi connectivity index (χ3n) is 3.55. The first-order valence-corrected chi connectivity index (χ1v) is 6.85. The predicted octanol–water partition coefficient (Wildman–Crippen LogP) is 1.19. The highest BCUT2D eigenvalue weighted by Crippen LogP contribution is 2.35. The highest BCUT2D eigenvalue weighted by molar-refractivity contribution is 6.00. The van der Waals surface area contributed by atoms with E-state index in [9.17, 15) is 14.4 Å². The zero-order valence-corrected chi connectivity index (χ0v) is 12.2. The van der Waals surface area contributed by atoms with Crippen LogP contribution in [0.2, 0.25) is 0 Å². The molecule has 1 aliphatic carbocycles.